The summed E-state index contributed by atoms with van der Waals surface area (Å²) >= 11 is 0. The average molecular weight is 524 g/mol. The van der Waals surface area contributed by atoms with Crippen molar-refractivity contribution >= 4 is 29.9 Å². The van der Waals surface area contributed by atoms with Gasteiger partial charge in [-0.2, -0.15) is 4.98 Å². The number of aryl methyl sites for hydroxylation is 3. The molecule has 0 radical (unpaired) electrons. The fraction of sp³-hybridized carbons (Fsp3) is 0.429. The summed E-state index contributed by atoms with van der Waals surface area (Å²) in [5.74, 6) is 3.46. The lowest BCUT2D eigenvalue weighted by molar-refractivity contribution is 0.422. The summed E-state index contributed by atoms with van der Waals surface area (Å²) in [6, 6.07) is 7.99. The van der Waals surface area contributed by atoms with E-state index >= 15 is 0 Å². The van der Waals surface area contributed by atoms with E-state index in [-0.39, 0.29) is 24.0 Å². The molecule has 9 heteroatoms. The number of rotatable bonds is 8. The van der Waals surface area contributed by atoms with Crippen molar-refractivity contribution in [3.63, 3.8) is 0 Å². The molecule has 0 amide bonds. The highest BCUT2D eigenvalue weighted by Crippen LogP contribution is 2.19. The molecule has 2 aromatic heterocycles. The first-order valence-electron chi connectivity index (χ1n) is 9.96. The number of nitrogens with one attached hydrogen (secondary N) is 2. The van der Waals surface area contributed by atoms with Crippen molar-refractivity contribution in [1.29, 1.82) is 0 Å². The fourth-order valence-electron chi connectivity index (χ4n) is 2.79. The van der Waals surface area contributed by atoms with Crippen LogP contribution in [0.3, 0.4) is 0 Å². The normalized spacial score (nSPS) is 11.3. The fourth-order valence-corrected chi connectivity index (χ4v) is 2.79. The first-order valence-corrected chi connectivity index (χ1v) is 9.96. The Balaban J connectivity index is 0.00000320. The van der Waals surface area contributed by atoms with Gasteiger partial charge in [-0.15, -0.1) is 24.0 Å². The lowest BCUT2D eigenvalue weighted by Gasteiger charge is -2.10. The Kier molecular flexibility index (Phi) is 9.28. The van der Waals surface area contributed by atoms with E-state index in [0.717, 1.165) is 47.8 Å². The Bertz CT molecular complexity index is 947. The number of aliphatic imine (C=N–C) groups is 1. The van der Waals surface area contributed by atoms with Crippen molar-refractivity contribution in [2.24, 2.45) is 4.99 Å². The molecule has 0 aliphatic carbocycles. The quantitative estimate of drug-likeness (QED) is 0.259. The molecule has 0 atom stereocenters. The second-order valence-corrected chi connectivity index (χ2v) is 6.76. The molecule has 8 nitrogen and oxygen atoms in total. The molecule has 0 unspecified atom stereocenters. The maximum atomic E-state index is 5.61. The van der Waals surface area contributed by atoms with Gasteiger partial charge in [-0.1, -0.05) is 24.2 Å². The van der Waals surface area contributed by atoms with Crippen LogP contribution < -0.4 is 10.6 Å². The van der Waals surface area contributed by atoms with Gasteiger partial charge in [-0.05, 0) is 44.9 Å². The molecule has 1 aromatic carbocycles. The highest BCUT2D eigenvalue weighted by Gasteiger charge is 2.09. The molecule has 3 rings (SSSR count). The van der Waals surface area contributed by atoms with E-state index in [2.05, 4.69) is 37.7 Å². The third kappa shape index (κ3) is 6.54. The van der Waals surface area contributed by atoms with Gasteiger partial charge < -0.3 is 19.6 Å². The summed E-state index contributed by atoms with van der Waals surface area (Å²) in [6.45, 7) is 9.72. The molecule has 0 saturated carbocycles. The van der Waals surface area contributed by atoms with Crippen molar-refractivity contribution in [2.75, 3.05) is 6.54 Å². The summed E-state index contributed by atoms with van der Waals surface area (Å²) in [4.78, 5) is 13.5. The SMILES string of the molecule is CCCc1noc(-c2cccc(CN=C(NCC)NCc3nc(C)c(C)o3)c2)n1.I. The minimum atomic E-state index is 0. The summed E-state index contributed by atoms with van der Waals surface area (Å²) in [6.07, 6.45) is 1.80. The van der Waals surface area contributed by atoms with E-state index in [1.165, 1.54) is 0 Å². The Morgan fingerprint density at radius 2 is 1.97 bits per heavy atom. The molecule has 2 N–H and O–H groups in total. The molecule has 3 aromatic rings. The standard InChI is InChI=1S/C21H28N6O2.HI/c1-5-8-18-26-20(29-27-18)17-10-7-9-16(11-17)12-23-21(22-6-2)24-13-19-25-14(3)15(4)28-19;/h7,9-11H,5-6,8,12-13H2,1-4H3,(H2,22,23,24);1H. The lowest BCUT2D eigenvalue weighted by atomic mass is 10.1. The van der Waals surface area contributed by atoms with Crippen LogP contribution >= 0.6 is 24.0 Å². The van der Waals surface area contributed by atoms with E-state index in [4.69, 9.17) is 8.94 Å². The highest BCUT2D eigenvalue weighted by atomic mass is 127. The van der Waals surface area contributed by atoms with Gasteiger partial charge in [0.15, 0.2) is 11.8 Å². The third-order valence-corrected chi connectivity index (χ3v) is 4.36. The van der Waals surface area contributed by atoms with Crippen LogP contribution in [-0.2, 0) is 19.5 Å². The van der Waals surface area contributed by atoms with Crippen LogP contribution in [0.4, 0.5) is 0 Å². The summed E-state index contributed by atoms with van der Waals surface area (Å²) in [5, 5.41) is 10.5. The van der Waals surface area contributed by atoms with Crippen LogP contribution in [0.2, 0.25) is 0 Å². The van der Waals surface area contributed by atoms with Gasteiger partial charge in [0.05, 0.1) is 18.8 Å². The Hall–Kier alpha value is -2.43. The topological polar surface area (TPSA) is 101 Å². The molecule has 162 valence electrons. The van der Waals surface area contributed by atoms with Gasteiger partial charge >= 0.3 is 0 Å². The van der Waals surface area contributed by atoms with Crippen molar-refractivity contribution < 1.29 is 8.94 Å². The zero-order chi connectivity index (χ0) is 20.6. The molecule has 30 heavy (non-hydrogen) atoms. The zero-order valence-electron chi connectivity index (χ0n) is 17.9. The van der Waals surface area contributed by atoms with Crippen molar-refractivity contribution in [1.82, 2.24) is 25.8 Å². The summed E-state index contributed by atoms with van der Waals surface area (Å²) < 4.78 is 11.0. The van der Waals surface area contributed by atoms with Crippen LogP contribution in [0.1, 0.15) is 49.0 Å². The van der Waals surface area contributed by atoms with E-state index in [0.29, 0.717) is 30.8 Å². The predicted molar refractivity (Wildman–Crippen MR) is 127 cm³/mol. The molecule has 0 spiro atoms. The van der Waals surface area contributed by atoms with Crippen LogP contribution in [0, 0.1) is 13.8 Å². The van der Waals surface area contributed by atoms with Crippen molar-refractivity contribution in [3.8, 4) is 11.5 Å². The maximum absolute atomic E-state index is 5.61. The Morgan fingerprint density at radius 1 is 1.13 bits per heavy atom. The Labute approximate surface area is 194 Å². The first kappa shape index (κ1) is 23.8. The van der Waals surface area contributed by atoms with E-state index in [1.54, 1.807) is 0 Å². The number of halogens is 1. The second kappa shape index (κ2) is 11.7. The highest BCUT2D eigenvalue weighted by molar-refractivity contribution is 14.0. The molecular weight excluding hydrogens is 495 g/mol. The third-order valence-electron chi connectivity index (χ3n) is 4.36. The number of hydrogen-bond acceptors (Lipinski definition) is 6. The molecule has 0 aliphatic rings. The summed E-state index contributed by atoms with van der Waals surface area (Å²) in [7, 11) is 0. The zero-order valence-corrected chi connectivity index (χ0v) is 20.2. The van der Waals surface area contributed by atoms with Crippen LogP contribution in [-0.4, -0.2) is 27.6 Å². The van der Waals surface area contributed by atoms with E-state index in [9.17, 15) is 0 Å². The number of nitrogens with zero attached hydrogens (tertiary/aromatic N) is 4. The number of benzene rings is 1. The van der Waals surface area contributed by atoms with E-state index < -0.39 is 0 Å². The van der Waals surface area contributed by atoms with Crippen molar-refractivity contribution in [2.45, 2.75) is 53.6 Å². The van der Waals surface area contributed by atoms with Crippen LogP contribution in [0.25, 0.3) is 11.5 Å². The maximum Gasteiger partial charge on any atom is 0.257 e. The number of hydrogen-bond donors (Lipinski definition) is 2. The van der Waals surface area contributed by atoms with Crippen LogP contribution in [0.15, 0.2) is 38.2 Å². The minimum Gasteiger partial charge on any atom is -0.444 e. The smallest absolute Gasteiger partial charge is 0.257 e. The Morgan fingerprint density at radius 3 is 2.67 bits per heavy atom. The van der Waals surface area contributed by atoms with Gasteiger partial charge in [0.2, 0.25) is 5.89 Å². The lowest BCUT2D eigenvalue weighted by Crippen LogP contribution is -2.36. The molecule has 0 fully saturated rings. The molecule has 0 bridgehead atoms. The molecular formula is C21H29IN6O2. The minimum absolute atomic E-state index is 0. The van der Waals surface area contributed by atoms with Crippen molar-refractivity contribution in [3.05, 3.63) is 53.0 Å². The van der Waals surface area contributed by atoms with Gasteiger partial charge in [-0.25, -0.2) is 9.98 Å². The van der Waals surface area contributed by atoms with E-state index in [1.807, 2.05) is 45.0 Å². The number of oxazole rings is 1. The average Bonchev–Trinajstić information content (AvgIpc) is 3.31. The second-order valence-electron chi connectivity index (χ2n) is 6.76. The van der Waals surface area contributed by atoms with Gasteiger partial charge in [0, 0.05) is 18.5 Å². The van der Waals surface area contributed by atoms with Gasteiger partial charge in [-0.3, -0.25) is 0 Å². The largest absolute Gasteiger partial charge is 0.444 e. The molecule has 0 aliphatic heterocycles. The first-order chi connectivity index (χ1) is 14.1. The predicted octanol–water partition coefficient (Wildman–Crippen LogP) is 4.17. The monoisotopic (exact) mass is 524 g/mol. The molecule has 0 saturated heterocycles. The number of guanidine groups is 1. The molecule has 2 heterocycles. The number of aromatic nitrogens is 3. The van der Waals surface area contributed by atoms with Crippen LogP contribution in [0.5, 0.6) is 0 Å². The summed E-state index contributed by atoms with van der Waals surface area (Å²) in [5.41, 5.74) is 2.86. The van der Waals surface area contributed by atoms with Gasteiger partial charge in [0.1, 0.15) is 5.76 Å². The van der Waals surface area contributed by atoms with Gasteiger partial charge in [0.25, 0.3) is 5.89 Å².